The highest BCUT2D eigenvalue weighted by molar-refractivity contribution is 7.16. The van der Waals surface area contributed by atoms with Crippen molar-refractivity contribution in [3.05, 3.63) is 40.9 Å². The third-order valence-electron chi connectivity index (χ3n) is 2.80. The minimum atomic E-state index is -0.969. The number of para-hydroxylation sites is 2. The molecular weight excluding hydrogens is 274 g/mol. The van der Waals surface area contributed by atoms with E-state index in [0.29, 0.717) is 5.82 Å². The molecular formula is C14H11N3O2S. The van der Waals surface area contributed by atoms with E-state index in [-0.39, 0.29) is 0 Å². The summed E-state index contributed by atoms with van der Waals surface area (Å²) >= 11 is 1.41. The van der Waals surface area contributed by atoms with Gasteiger partial charge in [-0.25, -0.2) is 14.8 Å². The van der Waals surface area contributed by atoms with Gasteiger partial charge in [0.05, 0.1) is 21.6 Å². The predicted octanol–water partition coefficient (Wildman–Crippen LogP) is 3.09. The number of fused-ring (bicyclic) bond motifs is 1. The van der Waals surface area contributed by atoms with Gasteiger partial charge in [0.2, 0.25) is 0 Å². The van der Waals surface area contributed by atoms with Crippen LogP contribution >= 0.6 is 11.3 Å². The number of H-pyrrole nitrogens is 1. The number of benzene rings is 1. The first-order chi connectivity index (χ1) is 9.63. The number of carbonyl (C=O) groups is 1. The summed E-state index contributed by atoms with van der Waals surface area (Å²) in [7, 11) is 0. The molecule has 0 aliphatic heterocycles. The molecule has 2 heterocycles. The van der Waals surface area contributed by atoms with Crippen LogP contribution in [0.15, 0.2) is 30.3 Å². The summed E-state index contributed by atoms with van der Waals surface area (Å²) in [5.41, 5.74) is 2.64. The molecule has 0 unspecified atom stereocenters. The van der Waals surface area contributed by atoms with Crippen LogP contribution in [0.1, 0.15) is 10.6 Å². The van der Waals surface area contributed by atoms with Crippen LogP contribution in [0.4, 0.5) is 0 Å². The van der Waals surface area contributed by atoms with E-state index in [4.69, 9.17) is 5.11 Å². The maximum absolute atomic E-state index is 10.6. The lowest BCUT2D eigenvalue weighted by molar-refractivity contribution is -0.131. The lowest BCUT2D eigenvalue weighted by Crippen LogP contribution is -1.85. The second-order valence-electron chi connectivity index (χ2n) is 4.24. The van der Waals surface area contributed by atoms with Crippen LogP contribution in [0, 0.1) is 6.92 Å². The van der Waals surface area contributed by atoms with Crippen LogP contribution in [0.25, 0.3) is 27.9 Å². The highest BCUT2D eigenvalue weighted by atomic mass is 32.1. The third kappa shape index (κ3) is 2.33. The molecule has 0 saturated heterocycles. The molecule has 20 heavy (non-hydrogen) atoms. The number of hydrogen-bond donors (Lipinski definition) is 2. The molecule has 0 aliphatic rings. The van der Waals surface area contributed by atoms with Crippen molar-refractivity contribution in [1.82, 2.24) is 15.0 Å². The van der Waals surface area contributed by atoms with Gasteiger partial charge in [-0.05, 0) is 25.1 Å². The van der Waals surface area contributed by atoms with E-state index in [0.717, 1.165) is 32.7 Å². The zero-order valence-electron chi connectivity index (χ0n) is 10.6. The summed E-state index contributed by atoms with van der Waals surface area (Å²) in [4.78, 5) is 23.5. The van der Waals surface area contributed by atoms with Crippen LogP contribution < -0.4 is 0 Å². The first-order valence-electron chi connectivity index (χ1n) is 5.97. The van der Waals surface area contributed by atoms with E-state index in [1.54, 1.807) is 6.08 Å². The maximum atomic E-state index is 10.6. The summed E-state index contributed by atoms with van der Waals surface area (Å²) in [6.45, 7) is 1.85. The Morgan fingerprint density at radius 2 is 2.15 bits per heavy atom. The molecule has 3 rings (SSSR count). The quantitative estimate of drug-likeness (QED) is 0.725. The van der Waals surface area contributed by atoms with Gasteiger partial charge in [0, 0.05) is 6.08 Å². The lowest BCUT2D eigenvalue weighted by Gasteiger charge is -1.85. The highest BCUT2D eigenvalue weighted by Gasteiger charge is 2.11. The van der Waals surface area contributed by atoms with E-state index >= 15 is 0 Å². The number of hydrogen-bond acceptors (Lipinski definition) is 4. The Kier molecular flexibility index (Phi) is 3.08. The van der Waals surface area contributed by atoms with E-state index in [9.17, 15) is 4.79 Å². The van der Waals surface area contributed by atoms with Crippen LogP contribution in [0.3, 0.4) is 0 Å². The van der Waals surface area contributed by atoms with Gasteiger partial charge < -0.3 is 10.1 Å². The zero-order chi connectivity index (χ0) is 14.1. The van der Waals surface area contributed by atoms with Crippen LogP contribution in [0.2, 0.25) is 0 Å². The Hall–Kier alpha value is -2.47. The van der Waals surface area contributed by atoms with Gasteiger partial charge in [-0.15, -0.1) is 11.3 Å². The number of thiazole rings is 1. The number of carboxylic acids is 1. The van der Waals surface area contributed by atoms with Crippen LogP contribution in [-0.2, 0) is 4.79 Å². The third-order valence-corrected chi connectivity index (χ3v) is 3.93. The van der Waals surface area contributed by atoms with Crippen molar-refractivity contribution in [2.75, 3.05) is 0 Å². The molecule has 0 fully saturated rings. The molecule has 0 spiro atoms. The molecule has 6 heteroatoms. The number of aryl methyl sites for hydroxylation is 1. The van der Waals surface area contributed by atoms with Gasteiger partial charge in [0.1, 0.15) is 0 Å². The normalized spacial score (nSPS) is 11.4. The molecule has 0 aliphatic carbocycles. The fraction of sp³-hybridized carbons (Fsp3) is 0.0714. The predicted molar refractivity (Wildman–Crippen MR) is 78.6 cm³/mol. The number of rotatable bonds is 3. The van der Waals surface area contributed by atoms with Crippen molar-refractivity contribution in [3.8, 4) is 10.8 Å². The fourth-order valence-corrected chi connectivity index (χ4v) is 2.78. The summed E-state index contributed by atoms with van der Waals surface area (Å²) in [5, 5.41) is 9.42. The van der Waals surface area contributed by atoms with Crippen molar-refractivity contribution in [1.29, 1.82) is 0 Å². The topological polar surface area (TPSA) is 78.9 Å². The largest absolute Gasteiger partial charge is 0.478 e. The molecule has 3 aromatic rings. The first-order valence-corrected chi connectivity index (χ1v) is 6.78. The second-order valence-corrected chi connectivity index (χ2v) is 5.27. The van der Waals surface area contributed by atoms with Gasteiger partial charge in [0.15, 0.2) is 10.8 Å². The highest BCUT2D eigenvalue weighted by Crippen LogP contribution is 2.28. The summed E-state index contributed by atoms with van der Waals surface area (Å²) < 4.78 is 0. The smallest absolute Gasteiger partial charge is 0.328 e. The van der Waals surface area contributed by atoms with Crippen molar-refractivity contribution < 1.29 is 9.90 Å². The monoisotopic (exact) mass is 285 g/mol. The van der Waals surface area contributed by atoms with Gasteiger partial charge in [0.25, 0.3) is 0 Å². The van der Waals surface area contributed by atoms with Crippen molar-refractivity contribution >= 4 is 34.4 Å². The Morgan fingerprint density at radius 3 is 2.90 bits per heavy atom. The van der Waals surface area contributed by atoms with Crippen molar-refractivity contribution in [2.24, 2.45) is 0 Å². The van der Waals surface area contributed by atoms with Crippen LogP contribution in [-0.4, -0.2) is 26.0 Å². The SMILES string of the molecule is Cc1nc(-c2nc3ccccc3[nH]2)sc1C=CC(=O)O. The molecule has 0 bridgehead atoms. The lowest BCUT2D eigenvalue weighted by atomic mass is 10.3. The maximum Gasteiger partial charge on any atom is 0.328 e. The molecule has 1 aromatic carbocycles. The Balaban J connectivity index is 2.02. The molecule has 0 amide bonds. The van der Waals surface area contributed by atoms with Crippen molar-refractivity contribution in [2.45, 2.75) is 6.92 Å². The Morgan fingerprint density at radius 1 is 1.35 bits per heavy atom. The van der Waals surface area contributed by atoms with Gasteiger partial charge in [-0.3, -0.25) is 0 Å². The fourth-order valence-electron chi connectivity index (χ4n) is 1.87. The Labute approximate surface area is 118 Å². The standard InChI is InChI=1S/C14H11N3O2S/c1-8-11(6-7-12(18)19)20-14(15-8)13-16-9-4-2-3-5-10(9)17-13/h2-7H,1H3,(H,16,17)(H,18,19). The average Bonchev–Trinajstić information content (AvgIpc) is 2.99. The molecule has 2 N–H and O–H groups in total. The van der Waals surface area contributed by atoms with Gasteiger partial charge >= 0.3 is 5.97 Å². The number of aliphatic carboxylic acids is 1. The molecule has 100 valence electrons. The molecule has 5 nitrogen and oxygen atoms in total. The number of aromatic amines is 1. The Bertz CT molecular complexity index is 784. The van der Waals surface area contributed by atoms with Gasteiger partial charge in [-0.2, -0.15) is 0 Å². The van der Waals surface area contributed by atoms with Crippen molar-refractivity contribution in [3.63, 3.8) is 0 Å². The van der Waals surface area contributed by atoms with Gasteiger partial charge in [-0.1, -0.05) is 12.1 Å². The number of carboxylic acid groups (broad SMARTS) is 1. The second kappa shape index (κ2) is 4.90. The number of nitrogens with zero attached hydrogens (tertiary/aromatic N) is 2. The summed E-state index contributed by atoms with van der Waals surface area (Å²) in [6, 6.07) is 7.76. The van der Waals surface area contributed by atoms with E-state index in [1.165, 1.54) is 11.3 Å². The minimum absolute atomic E-state index is 0.703. The van der Waals surface area contributed by atoms with Crippen LogP contribution in [0.5, 0.6) is 0 Å². The minimum Gasteiger partial charge on any atom is -0.478 e. The zero-order valence-corrected chi connectivity index (χ0v) is 11.4. The number of nitrogens with one attached hydrogen (secondary N) is 1. The molecule has 0 radical (unpaired) electrons. The summed E-state index contributed by atoms with van der Waals surface area (Å²) in [6.07, 6.45) is 2.67. The average molecular weight is 285 g/mol. The van der Waals surface area contributed by atoms with E-state index in [2.05, 4.69) is 15.0 Å². The molecule has 0 saturated carbocycles. The molecule has 2 aromatic heterocycles. The number of aromatic nitrogens is 3. The summed E-state index contributed by atoms with van der Waals surface area (Å²) in [5.74, 6) is -0.266. The number of imidazole rings is 1. The molecule has 0 atom stereocenters. The van der Waals surface area contributed by atoms with E-state index in [1.807, 2.05) is 31.2 Å². The first kappa shape index (κ1) is 12.6. The van der Waals surface area contributed by atoms with E-state index < -0.39 is 5.97 Å².